The largest absolute Gasteiger partial charge is 0.387 e. The molecule has 1 amide bonds. The fourth-order valence-electron chi connectivity index (χ4n) is 4.11. The minimum Gasteiger partial charge on any atom is -0.387 e. The molecule has 1 aromatic carbocycles. The van der Waals surface area contributed by atoms with Gasteiger partial charge in [0.05, 0.1) is 34.8 Å². The number of rotatable bonds is 4. The van der Waals surface area contributed by atoms with Crippen LogP contribution in [0, 0.1) is 17.2 Å². The average Bonchev–Trinajstić information content (AvgIpc) is 3.20. The highest BCUT2D eigenvalue weighted by Gasteiger charge is 2.34. The van der Waals surface area contributed by atoms with Crippen LogP contribution in [0.5, 0.6) is 0 Å². The van der Waals surface area contributed by atoms with Gasteiger partial charge in [-0.15, -0.1) is 0 Å². The summed E-state index contributed by atoms with van der Waals surface area (Å²) >= 11 is 0. The van der Waals surface area contributed by atoms with Gasteiger partial charge in [-0.3, -0.25) is 9.48 Å². The number of aromatic nitrogens is 2. The van der Waals surface area contributed by atoms with E-state index in [9.17, 15) is 23.6 Å². The molecule has 0 saturated heterocycles. The van der Waals surface area contributed by atoms with Gasteiger partial charge in [0.25, 0.3) is 5.91 Å². The molecule has 2 aliphatic rings. The van der Waals surface area contributed by atoms with E-state index in [0.29, 0.717) is 11.3 Å². The molecule has 4 N–H and O–H groups in total. The van der Waals surface area contributed by atoms with Crippen LogP contribution >= 0.6 is 0 Å². The Morgan fingerprint density at radius 2 is 2.10 bits per heavy atom. The number of hydrogen-bond acceptors (Lipinski definition) is 7. The summed E-state index contributed by atoms with van der Waals surface area (Å²) < 4.78 is 25.7. The number of nitrogens with one attached hydrogen (secondary N) is 1. The van der Waals surface area contributed by atoms with Gasteiger partial charge in [0.1, 0.15) is 5.56 Å². The highest BCUT2D eigenvalue weighted by molar-refractivity contribution is 7.91. The maximum Gasteiger partial charge on any atom is 0.254 e. The lowest BCUT2D eigenvalue weighted by Gasteiger charge is -2.26. The molecule has 0 radical (unpaired) electrons. The van der Waals surface area contributed by atoms with E-state index in [0.717, 1.165) is 25.7 Å². The lowest BCUT2D eigenvalue weighted by Crippen LogP contribution is -2.22. The molecule has 1 aromatic heterocycles. The van der Waals surface area contributed by atoms with Crippen molar-refractivity contribution in [1.82, 2.24) is 9.78 Å². The third kappa shape index (κ3) is 3.47. The Hall–Kier alpha value is -2.90. The van der Waals surface area contributed by atoms with Gasteiger partial charge in [-0.1, -0.05) is 12.8 Å². The van der Waals surface area contributed by atoms with Gasteiger partial charge < -0.3 is 16.2 Å². The number of nitrogens with two attached hydrogens (primary N) is 1. The maximum atomic E-state index is 12.0. The fourth-order valence-corrected chi connectivity index (χ4v) is 5.71. The zero-order valence-electron chi connectivity index (χ0n) is 15.6. The molecule has 0 bridgehead atoms. The molecule has 1 aliphatic heterocycles. The highest BCUT2D eigenvalue weighted by atomic mass is 32.2. The van der Waals surface area contributed by atoms with Gasteiger partial charge in [0.15, 0.2) is 15.7 Å². The molecule has 152 valence electrons. The van der Waals surface area contributed by atoms with Crippen LogP contribution in [0.25, 0.3) is 0 Å². The first-order valence-electron chi connectivity index (χ1n) is 9.40. The number of nitriles is 1. The van der Waals surface area contributed by atoms with E-state index >= 15 is 0 Å². The van der Waals surface area contributed by atoms with Gasteiger partial charge in [0.2, 0.25) is 0 Å². The van der Waals surface area contributed by atoms with E-state index in [1.807, 2.05) is 0 Å². The summed E-state index contributed by atoms with van der Waals surface area (Å²) in [4.78, 5) is 12.0. The number of nitrogens with zero attached hydrogens (tertiary/aromatic N) is 3. The summed E-state index contributed by atoms with van der Waals surface area (Å²) in [7, 11) is -3.49. The molecule has 1 saturated carbocycles. The van der Waals surface area contributed by atoms with Crippen molar-refractivity contribution in [2.75, 3.05) is 11.1 Å². The second kappa shape index (κ2) is 7.17. The number of benzene rings is 1. The molecule has 3 atom stereocenters. The van der Waals surface area contributed by atoms with Crippen LogP contribution in [0.2, 0.25) is 0 Å². The Bertz CT molecular complexity index is 1120. The number of aliphatic hydroxyl groups is 1. The summed E-state index contributed by atoms with van der Waals surface area (Å²) in [6, 6.07) is 6.70. The quantitative estimate of drug-likeness (QED) is 0.688. The molecular formula is C19H21N5O4S. The second-order valence-corrected chi connectivity index (χ2v) is 9.50. The number of fused-ring (bicyclic) bond motifs is 1. The van der Waals surface area contributed by atoms with Crippen LogP contribution in [0.1, 0.15) is 53.8 Å². The minimum absolute atomic E-state index is 0.107. The molecule has 29 heavy (non-hydrogen) atoms. The van der Waals surface area contributed by atoms with Crippen molar-refractivity contribution in [3.63, 3.8) is 0 Å². The Morgan fingerprint density at radius 1 is 1.34 bits per heavy atom. The molecule has 0 spiro atoms. The number of hydrogen-bond donors (Lipinski definition) is 3. The summed E-state index contributed by atoms with van der Waals surface area (Å²) in [6.45, 7) is 0. The van der Waals surface area contributed by atoms with Gasteiger partial charge in [-0.25, -0.2) is 8.42 Å². The zero-order chi connectivity index (χ0) is 20.8. The number of carbonyl (C=O) groups excluding carboxylic acids is 1. The average molecular weight is 415 g/mol. The monoisotopic (exact) mass is 415 g/mol. The third-order valence-electron chi connectivity index (χ3n) is 5.58. The predicted octanol–water partition coefficient (Wildman–Crippen LogP) is 1.80. The van der Waals surface area contributed by atoms with Gasteiger partial charge in [-0.05, 0) is 31.0 Å². The SMILES string of the molecule is N#C[C@H]1CCCC[C@@H]1n1cc(C(N)=O)c(Nc2ccc3c(c2)C(O)CS3(=O)=O)n1. The van der Waals surface area contributed by atoms with E-state index < -0.39 is 21.8 Å². The first-order chi connectivity index (χ1) is 13.8. The Morgan fingerprint density at radius 3 is 2.83 bits per heavy atom. The van der Waals surface area contributed by atoms with Crippen LogP contribution in [0.3, 0.4) is 0 Å². The number of primary amides is 1. The Labute approximate surface area is 168 Å². The van der Waals surface area contributed by atoms with Crippen molar-refractivity contribution >= 4 is 27.2 Å². The number of sulfone groups is 1. The van der Waals surface area contributed by atoms with Crippen molar-refractivity contribution in [3.05, 3.63) is 35.5 Å². The molecule has 2 aromatic rings. The molecule has 1 unspecified atom stereocenters. The number of carbonyl (C=O) groups is 1. The van der Waals surface area contributed by atoms with Crippen LogP contribution < -0.4 is 11.1 Å². The van der Waals surface area contributed by atoms with Gasteiger partial charge in [-0.2, -0.15) is 10.4 Å². The number of amides is 1. The minimum atomic E-state index is -3.49. The second-order valence-electron chi connectivity index (χ2n) is 7.50. The number of aliphatic hydroxyl groups excluding tert-OH is 1. The highest BCUT2D eigenvalue weighted by Crippen LogP contribution is 2.37. The smallest absolute Gasteiger partial charge is 0.254 e. The summed E-state index contributed by atoms with van der Waals surface area (Å²) in [5.74, 6) is -0.955. The molecule has 1 aliphatic carbocycles. The molecule has 4 rings (SSSR count). The van der Waals surface area contributed by atoms with Crippen LogP contribution in [0.15, 0.2) is 29.3 Å². The van der Waals surface area contributed by atoms with E-state index in [1.54, 1.807) is 16.9 Å². The third-order valence-corrected chi connectivity index (χ3v) is 7.37. The lowest BCUT2D eigenvalue weighted by atomic mass is 9.85. The first kappa shape index (κ1) is 19.4. The molecule has 9 nitrogen and oxygen atoms in total. The molecular weight excluding hydrogens is 394 g/mol. The lowest BCUT2D eigenvalue weighted by molar-refractivity contribution is 0.100. The summed E-state index contributed by atoms with van der Waals surface area (Å²) in [5, 5.41) is 26.9. The first-order valence-corrected chi connectivity index (χ1v) is 11.1. The van der Waals surface area contributed by atoms with Crippen molar-refractivity contribution in [1.29, 1.82) is 5.26 Å². The van der Waals surface area contributed by atoms with Crippen molar-refractivity contribution < 1.29 is 18.3 Å². The molecule has 2 heterocycles. The van der Waals surface area contributed by atoms with Crippen LogP contribution in [-0.4, -0.2) is 35.0 Å². The topological polar surface area (TPSA) is 151 Å². The summed E-state index contributed by atoms with van der Waals surface area (Å²) in [5.41, 5.74) is 6.48. The predicted molar refractivity (Wildman–Crippen MR) is 104 cm³/mol. The summed E-state index contributed by atoms with van der Waals surface area (Å²) in [6.07, 6.45) is 4.01. The maximum absolute atomic E-state index is 12.0. The standard InChI is InChI=1S/C19H21N5O4S/c20-8-11-3-1-2-4-15(11)24-9-14(18(21)26)19(23-24)22-12-5-6-17-13(7-12)16(25)10-29(17,27)28/h5-7,9,11,15-16,25H,1-4,10H2,(H2,21,26)(H,22,23)/t11-,15+,16?/m1/s1. The van der Waals surface area contributed by atoms with Crippen LogP contribution in [-0.2, 0) is 9.84 Å². The van der Waals surface area contributed by atoms with E-state index in [-0.39, 0.29) is 34.0 Å². The molecule has 10 heteroatoms. The zero-order valence-corrected chi connectivity index (χ0v) is 16.4. The van der Waals surface area contributed by atoms with Crippen molar-refractivity contribution in [2.24, 2.45) is 11.7 Å². The van der Waals surface area contributed by atoms with Crippen LogP contribution in [0.4, 0.5) is 11.5 Å². The Kier molecular flexibility index (Phi) is 4.80. The van der Waals surface area contributed by atoms with E-state index in [1.165, 1.54) is 12.1 Å². The Balaban J connectivity index is 1.67. The fraction of sp³-hybridized carbons (Fsp3) is 0.421. The van der Waals surface area contributed by atoms with E-state index in [4.69, 9.17) is 5.73 Å². The van der Waals surface area contributed by atoms with E-state index in [2.05, 4.69) is 16.5 Å². The van der Waals surface area contributed by atoms with Gasteiger partial charge >= 0.3 is 0 Å². The normalized spacial score (nSPS) is 25.2. The van der Waals surface area contributed by atoms with Crippen molar-refractivity contribution in [3.8, 4) is 6.07 Å². The van der Waals surface area contributed by atoms with Gasteiger partial charge in [0, 0.05) is 17.4 Å². The van der Waals surface area contributed by atoms with Crippen molar-refractivity contribution in [2.45, 2.75) is 42.7 Å². The molecule has 1 fully saturated rings. The number of anilines is 2.